The number of aliphatic hydroxyl groups excluding tert-OH is 1. The molecular weight excluding hydrogens is 302 g/mol. The van der Waals surface area contributed by atoms with E-state index in [1.165, 1.54) is 4.90 Å². The molecule has 1 saturated heterocycles. The average molecular weight is 325 g/mol. The van der Waals surface area contributed by atoms with Gasteiger partial charge in [0, 0.05) is 19.5 Å². The molecule has 1 atom stereocenters. The van der Waals surface area contributed by atoms with Gasteiger partial charge in [-0.1, -0.05) is 30.3 Å². The topological polar surface area (TPSA) is 74.7 Å². The molecule has 0 aromatic heterocycles. The summed E-state index contributed by atoms with van der Waals surface area (Å²) in [4.78, 5) is 13.8. The maximum atomic E-state index is 12.4. The molecule has 6 heteroatoms. The number of carbonyl (C=O) groups excluding carboxylic acids is 1. The Hall–Kier alpha value is -1.40. The Labute approximate surface area is 131 Å². The Morgan fingerprint density at radius 1 is 1.27 bits per heavy atom. The molecule has 1 fully saturated rings. The van der Waals surface area contributed by atoms with Crippen molar-refractivity contribution in [3.8, 4) is 0 Å². The fourth-order valence-electron chi connectivity index (χ4n) is 2.53. The van der Waals surface area contributed by atoms with Crippen LogP contribution < -0.4 is 0 Å². The third kappa shape index (κ3) is 3.67. The van der Waals surface area contributed by atoms with Crippen LogP contribution in [0.25, 0.3) is 0 Å². The molecule has 1 heterocycles. The first-order chi connectivity index (χ1) is 10.2. The van der Waals surface area contributed by atoms with Crippen LogP contribution in [-0.4, -0.2) is 54.0 Å². The first-order valence-electron chi connectivity index (χ1n) is 7.46. The minimum absolute atomic E-state index is 0.0518. The predicted molar refractivity (Wildman–Crippen MR) is 85.2 cm³/mol. The zero-order chi connectivity index (χ0) is 16.4. The van der Waals surface area contributed by atoms with Gasteiger partial charge < -0.3 is 10.0 Å². The van der Waals surface area contributed by atoms with Crippen LogP contribution in [0.1, 0.15) is 25.8 Å². The summed E-state index contributed by atoms with van der Waals surface area (Å²) in [6.07, 6.45) is -0.503. The molecule has 1 N–H and O–H groups in total. The molecular formula is C16H23NO4S. The smallest absolute Gasteiger partial charge is 0.251 e. The maximum Gasteiger partial charge on any atom is 0.251 e. The standard InChI is InChI=1S/C16H23NO4S/c1-16(2)8-9-17(10-11-22(16,20)21)15(19)14(18)12-13-6-4-3-5-7-13/h3-7,14,18H,8-12H2,1-2H3/t14-/m0/s1. The largest absolute Gasteiger partial charge is 0.383 e. The van der Waals surface area contributed by atoms with Gasteiger partial charge in [-0.15, -0.1) is 0 Å². The van der Waals surface area contributed by atoms with Crippen molar-refractivity contribution in [1.29, 1.82) is 0 Å². The molecule has 1 aliphatic rings. The number of hydrogen-bond acceptors (Lipinski definition) is 4. The maximum absolute atomic E-state index is 12.4. The van der Waals surface area contributed by atoms with Crippen LogP contribution >= 0.6 is 0 Å². The van der Waals surface area contributed by atoms with Gasteiger partial charge >= 0.3 is 0 Å². The Morgan fingerprint density at radius 3 is 2.55 bits per heavy atom. The Morgan fingerprint density at radius 2 is 1.91 bits per heavy atom. The summed E-state index contributed by atoms with van der Waals surface area (Å²) in [6.45, 7) is 3.89. The third-order valence-electron chi connectivity index (χ3n) is 4.32. The van der Waals surface area contributed by atoms with Gasteiger partial charge in [-0.2, -0.15) is 0 Å². The quantitative estimate of drug-likeness (QED) is 0.900. The van der Waals surface area contributed by atoms with Crippen LogP contribution in [0.3, 0.4) is 0 Å². The van der Waals surface area contributed by atoms with Gasteiger partial charge in [-0.25, -0.2) is 8.42 Å². The van der Waals surface area contributed by atoms with Crippen molar-refractivity contribution in [2.75, 3.05) is 18.8 Å². The van der Waals surface area contributed by atoms with Crippen molar-refractivity contribution in [1.82, 2.24) is 4.90 Å². The number of sulfone groups is 1. The second-order valence-corrected chi connectivity index (χ2v) is 9.10. The lowest BCUT2D eigenvalue weighted by atomic mass is 10.1. The summed E-state index contributed by atoms with van der Waals surface area (Å²) < 4.78 is 23.5. The summed E-state index contributed by atoms with van der Waals surface area (Å²) in [5, 5.41) is 10.1. The summed E-state index contributed by atoms with van der Waals surface area (Å²) in [5.41, 5.74) is 0.881. The molecule has 1 aromatic carbocycles. The second-order valence-electron chi connectivity index (χ2n) is 6.36. The molecule has 0 aliphatic carbocycles. The number of hydrogen-bond donors (Lipinski definition) is 1. The van der Waals surface area contributed by atoms with E-state index >= 15 is 0 Å². The number of nitrogens with zero attached hydrogens (tertiary/aromatic N) is 1. The van der Waals surface area contributed by atoms with E-state index in [0.29, 0.717) is 13.0 Å². The summed E-state index contributed by atoms with van der Waals surface area (Å²) >= 11 is 0. The number of rotatable bonds is 3. The van der Waals surface area contributed by atoms with E-state index in [9.17, 15) is 18.3 Å². The molecule has 1 amide bonds. The Bertz CT molecular complexity index is 625. The first kappa shape index (κ1) is 17.0. The summed E-state index contributed by atoms with van der Waals surface area (Å²) in [6, 6.07) is 9.29. The zero-order valence-electron chi connectivity index (χ0n) is 13.0. The van der Waals surface area contributed by atoms with Crippen molar-refractivity contribution in [3.05, 3.63) is 35.9 Å². The highest BCUT2D eigenvalue weighted by Gasteiger charge is 2.38. The molecule has 0 spiro atoms. The summed E-state index contributed by atoms with van der Waals surface area (Å²) in [7, 11) is -3.22. The van der Waals surface area contributed by atoms with Crippen LogP contribution in [0.4, 0.5) is 0 Å². The molecule has 0 saturated carbocycles. The van der Waals surface area contributed by atoms with Crippen LogP contribution in [-0.2, 0) is 21.1 Å². The van der Waals surface area contributed by atoms with E-state index in [-0.39, 0.29) is 18.7 Å². The summed E-state index contributed by atoms with van der Waals surface area (Å²) in [5.74, 6) is -0.444. The molecule has 22 heavy (non-hydrogen) atoms. The lowest BCUT2D eigenvalue weighted by molar-refractivity contribution is -0.139. The highest BCUT2D eigenvalue weighted by Crippen LogP contribution is 2.25. The van der Waals surface area contributed by atoms with Crippen molar-refractivity contribution in [2.45, 2.75) is 37.5 Å². The number of carbonyl (C=O) groups is 1. The van der Waals surface area contributed by atoms with Gasteiger partial charge in [-0.3, -0.25) is 4.79 Å². The van der Waals surface area contributed by atoms with E-state index in [1.807, 2.05) is 30.3 Å². The molecule has 122 valence electrons. The molecule has 0 unspecified atom stereocenters. The van der Waals surface area contributed by atoms with Crippen LogP contribution in [0.5, 0.6) is 0 Å². The monoisotopic (exact) mass is 325 g/mol. The predicted octanol–water partition coefficient (Wildman–Crippen LogP) is 1.02. The van der Waals surface area contributed by atoms with E-state index < -0.39 is 26.6 Å². The van der Waals surface area contributed by atoms with Crippen molar-refractivity contribution in [3.63, 3.8) is 0 Å². The van der Waals surface area contributed by atoms with Crippen LogP contribution in [0.2, 0.25) is 0 Å². The van der Waals surface area contributed by atoms with Gasteiger partial charge in [0.15, 0.2) is 9.84 Å². The number of amides is 1. The minimum Gasteiger partial charge on any atom is -0.383 e. The highest BCUT2D eigenvalue weighted by atomic mass is 32.2. The van der Waals surface area contributed by atoms with Crippen molar-refractivity contribution in [2.24, 2.45) is 0 Å². The van der Waals surface area contributed by atoms with Crippen LogP contribution in [0, 0.1) is 0 Å². The normalized spacial score (nSPS) is 21.9. The molecule has 1 aliphatic heterocycles. The minimum atomic E-state index is -3.22. The fraction of sp³-hybridized carbons (Fsp3) is 0.562. The molecule has 0 bridgehead atoms. The fourth-order valence-corrected chi connectivity index (χ4v) is 3.95. The molecule has 5 nitrogen and oxygen atoms in total. The lowest BCUT2D eigenvalue weighted by Gasteiger charge is -2.24. The average Bonchev–Trinajstić information content (AvgIpc) is 2.57. The van der Waals surface area contributed by atoms with E-state index in [2.05, 4.69) is 0 Å². The van der Waals surface area contributed by atoms with Crippen molar-refractivity contribution >= 4 is 15.7 Å². The third-order valence-corrected chi connectivity index (χ3v) is 6.93. The van der Waals surface area contributed by atoms with Crippen molar-refractivity contribution < 1.29 is 18.3 Å². The van der Waals surface area contributed by atoms with Gasteiger partial charge in [0.05, 0.1) is 10.5 Å². The Balaban J connectivity index is 2.04. The van der Waals surface area contributed by atoms with Gasteiger partial charge in [0.25, 0.3) is 5.91 Å². The van der Waals surface area contributed by atoms with E-state index in [0.717, 1.165) is 5.56 Å². The Kier molecular flexibility index (Phi) is 4.92. The zero-order valence-corrected chi connectivity index (χ0v) is 13.8. The van der Waals surface area contributed by atoms with Gasteiger partial charge in [0.2, 0.25) is 0 Å². The van der Waals surface area contributed by atoms with Gasteiger partial charge in [0.1, 0.15) is 6.10 Å². The van der Waals surface area contributed by atoms with Gasteiger partial charge in [-0.05, 0) is 25.8 Å². The SMILES string of the molecule is CC1(C)CCN(C(=O)[C@@H](O)Cc2ccccc2)CCS1(=O)=O. The molecule has 0 radical (unpaired) electrons. The second kappa shape index (κ2) is 6.38. The number of benzene rings is 1. The van der Waals surface area contributed by atoms with E-state index in [1.54, 1.807) is 13.8 Å². The molecule has 2 rings (SSSR count). The van der Waals surface area contributed by atoms with E-state index in [4.69, 9.17) is 0 Å². The lowest BCUT2D eigenvalue weighted by Crippen LogP contribution is -2.41. The number of aliphatic hydroxyl groups is 1. The van der Waals surface area contributed by atoms with Crippen LogP contribution in [0.15, 0.2) is 30.3 Å². The first-order valence-corrected chi connectivity index (χ1v) is 9.11. The molecule has 1 aromatic rings. The highest BCUT2D eigenvalue weighted by molar-refractivity contribution is 7.92.